The molecule has 1 aliphatic heterocycles. The number of aromatic nitrogens is 1. The van der Waals surface area contributed by atoms with Crippen LogP contribution in [0.5, 0.6) is 0 Å². The molecule has 1 aromatic heterocycles. The molecule has 0 amide bonds. The first-order valence-corrected chi connectivity index (χ1v) is 5.97. The molecule has 1 fully saturated rings. The molecular weight excluding hydrogens is 218 g/mol. The number of piperazine rings is 1. The molecule has 2 N–H and O–H groups in total. The van der Waals surface area contributed by atoms with E-state index in [2.05, 4.69) is 21.8 Å². The van der Waals surface area contributed by atoms with E-state index in [1.54, 1.807) is 12.3 Å². The maximum atomic E-state index is 10.9. The number of nitrogens with zero attached hydrogens (tertiary/aromatic N) is 2. The van der Waals surface area contributed by atoms with E-state index < -0.39 is 5.97 Å². The number of aromatic carboxylic acids is 1. The van der Waals surface area contributed by atoms with Crippen molar-refractivity contribution in [2.24, 2.45) is 0 Å². The average molecular weight is 237 g/mol. The second-order valence-corrected chi connectivity index (χ2v) is 4.57. The number of carboxylic acids is 1. The zero-order chi connectivity index (χ0) is 12.3. The molecule has 2 heterocycles. The fourth-order valence-corrected chi connectivity index (χ4v) is 2.15. The summed E-state index contributed by atoms with van der Waals surface area (Å²) in [5.74, 6) is -0.848. The summed E-state index contributed by atoms with van der Waals surface area (Å²) >= 11 is 0. The Labute approximate surface area is 101 Å². The van der Waals surface area contributed by atoms with Gasteiger partial charge < -0.3 is 19.9 Å². The fourth-order valence-electron chi connectivity index (χ4n) is 2.15. The number of hydrogen-bond acceptors (Lipinski definition) is 3. The monoisotopic (exact) mass is 237 g/mol. The van der Waals surface area contributed by atoms with Gasteiger partial charge in [0, 0.05) is 51.0 Å². The van der Waals surface area contributed by atoms with Gasteiger partial charge in [0.15, 0.2) is 0 Å². The number of likely N-dealkylation sites (N-methyl/N-ethyl adjacent to an activating group) is 1. The summed E-state index contributed by atoms with van der Waals surface area (Å²) in [6.45, 7) is 5.25. The van der Waals surface area contributed by atoms with Gasteiger partial charge in [-0.2, -0.15) is 0 Å². The van der Waals surface area contributed by atoms with E-state index in [0.717, 1.165) is 44.8 Å². The largest absolute Gasteiger partial charge is 0.478 e. The number of nitrogens with one attached hydrogen (secondary N) is 1. The van der Waals surface area contributed by atoms with Gasteiger partial charge in [-0.1, -0.05) is 0 Å². The molecule has 0 aliphatic carbocycles. The molecule has 0 radical (unpaired) electrons. The minimum Gasteiger partial charge on any atom is -0.478 e. The van der Waals surface area contributed by atoms with E-state index in [-0.39, 0.29) is 0 Å². The molecule has 1 aromatic rings. The van der Waals surface area contributed by atoms with Crippen molar-refractivity contribution in [3.8, 4) is 0 Å². The van der Waals surface area contributed by atoms with Gasteiger partial charge in [0.25, 0.3) is 0 Å². The van der Waals surface area contributed by atoms with Crippen molar-refractivity contribution in [3.05, 3.63) is 23.5 Å². The molecule has 17 heavy (non-hydrogen) atoms. The van der Waals surface area contributed by atoms with Crippen LogP contribution < -0.4 is 0 Å². The van der Waals surface area contributed by atoms with E-state index in [9.17, 15) is 4.79 Å². The van der Waals surface area contributed by atoms with E-state index in [1.807, 2.05) is 0 Å². The standard InChI is InChI=1S/C12H19N3O2/c1-14-6-8-15(9-7-14)5-3-11-10(12(16)17)2-4-13-11/h2,4,13H,3,5-9H2,1H3,(H,16,17). The third-order valence-corrected chi connectivity index (χ3v) is 3.34. The smallest absolute Gasteiger partial charge is 0.337 e. The molecule has 0 spiro atoms. The number of aromatic amines is 1. The van der Waals surface area contributed by atoms with Crippen LogP contribution in [0.25, 0.3) is 0 Å². The Morgan fingerprint density at radius 3 is 2.76 bits per heavy atom. The number of rotatable bonds is 4. The normalized spacial score (nSPS) is 18.4. The SMILES string of the molecule is CN1CCN(CCc2[nH]ccc2C(=O)O)CC1. The van der Waals surface area contributed by atoms with E-state index in [4.69, 9.17) is 5.11 Å². The number of carboxylic acid groups (broad SMARTS) is 1. The molecule has 0 unspecified atom stereocenters. The minimum atomic E-state index is -0.848. The van der Waals surface area contributed by atoms with Crippen LogP contribution in [0.2, 0.25) is 0 Å². The van der Waals surface area contributed by atoms with Gasteiger partial charge in [-0.25, -0.2) is 4.79 Å². The highest BCUT2D eigenvalue weighted by atomic mass is 16.4. The second-order valence-electron chi connectivity index (χ2n) is 4.57. The fraction of sp³-hybridized carbons (Fsp3) is 0.583. The Hall–Kier alpha value is -1.33. The van der Waals surface area contributed by atoms with Crippen LogP contribution in [0.1, 0.15) is 16.1 Å². The van der Waals surface area contributed by atoms with Crippen molar-refractivity contribution >= 4 is 5.97 Å². The highest BCUT2D eigenvalue weighted by molar-refractivity contribution is 5.88. The van der Waals surface area contributed by atoms with E-state index >= 15 is 0 Å². The molecule has 2 rings (SSSR count). The predicted molar refractivity (Wildman–Crippen MR) is 65.4 cm³/mol. The van der Waals surface area contributed by atoms with Gasteiger partial charge in [0.2, 0.25) is 0 Å². The van der Waals surface area contributed by atoms with Crippen molar-refractivity contribution < 1.29 is 9.90 Å². The summed E-state index contributed by atoms with van der Waals surface area (Å²) in [6, 6.07) is 1.63. The number of carbonyl (C=O) groups is 1. The first kappa shape index (κ1) is 12.1. The summed E-state index contributed by atoms with van der Waals surface area (Å²) in [7, 11) is 2.13. The summed E-state index contributed by atoms with van der Waals surface area (Å²) in [5, 5.41) is 8.99. The second kappa shape index (κ2) is 5.33. The van der Waals surface area contributed by atoms with Crippen molar-refractivity contribution in [2.45, 2.75) is 6.42 Å². The first-order chi connectivity index (χ1) is 8.16. The quantitative estimate of drug-likeness (QED) is 0.800. The molecule has 0 saturated carbocycles. The van der Waals surface area contributed by atoms with Crippen LogP contribution in [-0.2, 0) is 6.42 Å². The molecule has 94 valence electrons. The third kappa shape index (κ3) is 3.08. The lowest BCUT2D eigenvalue weighted by atomic mass is 10.2. The van der Waals surface area contributed by atoms with Crippen LogP contribution in [0.3, 0.4) is 0 Å². The summed E-state index contributed by atoms with van der Waals surface area (Å²) in [5.41, 5.74) is 1.23. The van der Waals surface area contributed by atoms with E-state index in [0.29, 0.717) is 5.56 Å². The lowest BCUT2D eigenvalue weighted by molar-refractivity contribution is 0.0695. The predicted octanol–water partition coefficient (Wildman–Crippen LogP) is 0.503. The Kier molecular flexibility index (Phi) is 3.81. The molecular formula is C12H19N3O2. The molecule has 0 bridgehead atoms. The zero-order valence-electron chi connectivity index (χ0n) is 10.1. The lowest BCUT2D eigenvalue weighted by Gasteiger charge is -2.32. The summed E-state index contributed by atoms with van der Waals surface area (Å²) in [4.78, 5) is 18.6. The third-order valence-electron chi connectivity index (χ3n) is 3.34. The Bertz CT molecular complexity index is 381. The number of H-pyrrole nitrogens is 1. The molecule has 0 aromatic carbocycles. The van der Waals surface area contributed by atoms with Crippen molar-refractivity contribution in [2.75, 3.05) is 39.8 Å². The van der Waals surface area contributed by atoms with Crippen LogP contribution in [0, 0.1) is 0 Å². The summed E-state index contributed by atoms with van der Waals surface area (Å²) < 4.78 is 0. The van der Waals surface area contributed by atoms with Crippen LogP contribution >= 0.6 is 0 Å². The molecule has 5 nitrogen and oxygen atoms in total. The van der Waals surface area contributed by atoms with Crippen LogP contribution in [0.15, 0.2) is 12.3 Å². The summed E-state index contributed by atoms with van der Waals surface area (Å²) in [6.07, 6.45) is 2.47. The van der Waals surface area contributed by atoms with Crippen molar-refractivity contribution in [1.82, 2.24) is 14.8 Å². The van der Waals surface area contributed by atoms with Gasteiger partial charge in [-0.15, -0.1) is 0 Å². The highest BCUT2D eigenvalue weighted by Crippen LogP contribution is 2.09. The van der Waals surface area contributed by atoms with Gasteiger partial charge in [0.05, 0.1) is 5.56 Å². The lowest BCUT2D eigenvalue weighted by Crippen LogP contribution is -2.45. The molecule has 1 saturated heterocycles. The Balaban J connectivity index is 1.85. The van der Waals surface area contributed by atoms with Gasteiger partial charge in [0.1, 0.15) is 0 Å². The topological polar surface area (TPSA) is 59.6 Å². The van der Waals surface area contributed by atoms with Crippen molar-refractivity contribution in [3.63, 3.8) is 0 Å². The molecule has 1 aliphatic rings. The maximum absolute atomic E-state index is 10.9. The average Bonchev–Trinajstić information content (AvgIpc) is 2.76. The highest BCUT2D eigenvalue weighted by Gasteiger charge is 2.15. The maximum Gasteiger partial charge on any atom is 0.337 e. The van der Waals surface area contributed by atoms with E-state index in [1.165, 1.54) is 0 Å². The minimum absolute atomic E-state index is 0.402. The van der Waals surface area contributed by atoms with Gasteiger partial charge >= 0.3 is 5.97 Å². The molecule has 0 atom stereocenters. The Morgan fingerprint density at radius 1 is 1.41 bits per heavy atom. The first-order valence-electron chi connectivity index (χ1n) is 5.97. The Morgan fingerprint density at radius 2 is 2.12 bits per heavy atom. The molecule has 5 heteroatoms. The van der Waals surface area contributed by atoms with Gasteiger partial charge in [-0.05, 0) is 13.1 Å². The van der Waals surface area contributed by atoms with Crippen LogP contribution in [-0.4, -0.2) is 65.6 Å². The van der Waals surface area contributed by atoms with Crippen molar-refractivity contribution in [1.29, 1.82) is 0 Å². The number of hydrogen-bond donors (Lipinski definition) is 2. The van der Waals surface area contributed by atoms with Gasteiger partial charge in [-0.3, -0.25) is 0 Å². The zero-order valence-corrected chi connectivity index (χ0v) is 10.1. The van der Waals surface area contributed by atoms with Crippen LogP contribution in [0.4, 0.5) is 0 Å².